The van der Waals surface area contributed by atoms with Gasteiger partial charge in [-0.1, -0.05) is 5.16 Å². The fraction of sp³-hybridized carbons (Fsp3) is 0.571. The number of hydrogen-bond donors (Lipinski definition) is 0. The molecule has 2 aromatic rings. The second kappa shape index (κ2) is 8.47. The molecule has 1 aromatic carbocycles. The number of amides is 1. The van der Waals surface area contributed by atoms with Crippen molar-refractivity contribution in [3.05, 3.63) is 39.5 Å². The third-order valence-corrected chi connectivity index (χ3v) is 8.42. The summed E-state index contributed by atoms with van der Waals surface area (Å²) >= 11 is 0. The van der Waals surface area contributed by atoms with Crippen LogP contribution in [0.4, 0.5) is 0 Å². The van der Waals surface area contributed by atoms with Gasteiger partial charge in [0.05, 0.1) is 4.90 Å². The number of nitrogens with zero attached hydrogens (tertiary/aromatic N) is 4. The van der Waals surface area contributed by atoms with Crippen molar-refractivity contribution in [2.45, 2.75) is 59.3 Å². The van der Waals surface area contributed by atoms with Crippen LogP contribution >= 0.6 is 0 Å². The quantitative estimate of drug-likeness (QED) is 0.717. The van der Waals surface area contributed by atoms with E-state index in [1.807, 2.05) is 34.6 Å². The second-order valence-corrected chi connectivity index (χ2v) is 9.85. The average molecular weight is 435 g/mol. The van der Waals surface area contributed by atoms with E-state index in [4.69, 9.17) is 4.52 Å². The molecule has 1 aromatic heterocycles. The largest absolute Gasteiger partial charge is 0.340 e. The smallest absolute Gasteiger partial charge is 0.243 e. The Morgan fingerprint density at radius 2 is 1.43 bits per heavy atom. The molecule has 164 valence electrons. The first-order chi connectivity index (χ1) is 14.0. The maximum atomic E-state index is 13.4. The predicted octanol–water partition coefficient (Wildman–Crippen LogP) is 2.39. The van der Waals surface area contributed by atoms with Gasteiger partial charge in [0, 0.05) is 39.0 Å². The Bertz CT molecular complexity index is 1040. The summed E-state index contributed by atoms with van der Waals surface area (Å²) in [7, 11) is -3.62. The summed E-state index contributed by atoms with van der Waals surface area (Å²) in [4.78, 5) is 18.7. The normalized spacial score (nSPS) is 15.6. The summed E-state index contributed by atoms with van der Waals surface area (Å²) in [5.41, 5.74) is 4.78. The van der Waals surface area contributed by atoms with Crippen molar-refractivity contribution < 1.29 is 17.7 Å². The van der Waals surface area contributed by atoms with Crippen molar-refractivity contribution in [3.8, 4) is 0 Å². The number of carbonyl (C=O) groups is 1. The Hall–Kier alpha value is -2.26. The molecular formula is C21H30N4O4S. The topological polar surface area (TPSA) is 96.6 Å². The molecule has 0 bridgehead atoms. The highest BCUT2D eigenvalue weighted by molar-refractivity contribution is 7.89. The van der Waals surface area contributed by atoms with Crippen LogP contribution in [0.15, 0.2) is 9.42 Å². The minimum atomic E-state index is -3.62. The van der Waals surface area contributed by atoms with Crippen LogP contribution < -0.4 is 0 Å². The minimum absolute atomic E-state index is 0.0303. The fourth-order valence-electron chi connectivity index (χ4n) is 3.97. The van der Waals surface area contributed by atoms with Crippen molar-refractivity contribution in [1.82, 2.24) is 19.3 Å². The van der Waals surface area contributed by atoms with E-state index >= 15 is 0 Å². The Kier molecular flexibility index (Phi) is 6.33. The number of piperazine rings is 1. The molecule has 3 rings (SSSR count). The van der Waals surface area contributed by atoms with Crippen LogP contribution in [-0.2, 0) is 21.2 Å². The van der Waals surface area contributed by atoms with Crippen molar-refractivity contribution in [1.29, 1.82) is 0 Å². The number of sulfonamides is 1. The van der Waals surface area contributed by atoms with E-state index in [0.717, 1.165) is 27.8 Å². The molecule has 0 saturated carbocycles. The lowest BCUT2D eigenvalue weighted by Gasteiger charge is -2.35. The van der Waals surface area contributed by atoms with Gasteiger partial charge in [-0.15, -0.1) is 0 Å². The van der Waals surface area contributed by atoms with Crippen molar-refractivity contribution >= 4 is 15.9 Å². The monoisotopic (exact) mass is 434 g/mol. The molecule has 1 amide bonds. The first-order valence-electron chi connectivity index (χ1n) is 10.2. The zero-order valence-corrected chi connectivity index (χ0v) is 19.4. The lowest BCUT2D eigenvalue weighted by molar-refractivity contribution is -0.132. The molecule has 0 N–H and O–H groups in total. The highest BCUT2D eigenvalue weighted by Gasteiger charge is 2.33. The molecule has 0 radical (unpaired) electrons. The van der Waals surface area contributed by atoms with Gasteiger partial charge in [0.1, 0.15) is 0 Å². The molecule has 1 aliphatic heterocycles. The number of carbonyl (C=O) groups excluding carboxylic acids is 1. The van der Waals surface area contributed by atoms with E-state index < -0.39 is 10.0 Å². The maximum absolute atomic E-state index is 13.4. The molecule has 1 aliphatic rings. The number of aryl methyl sites for hydroxylation is 2. The molecule has 9 heteroatoms. The van der Waals surface area contributed by atoms with Gasteiger partial charge in [0.15, 0.2) is 5.82 Å². The van der Waals surface area contributed by atoms with Gasteiger partial charge in [-0.2, -0.15) is 9.29 Å². The van der Waals surface area contributed by atoms with Crippen molar-refractivity contribution in [2.24, 2.45) is 0 Å². The number of hydrogen-bond acceptors (Lipinski definition) is 6. The lowest BCUT2D eigenvalue weighted by atomic mass is 9.95. The molecule has 1 saturated heterocycles. The predicted molar refractivity (Wildman–Crippen MR) is 113 cm³/mol. The molecule has 8 nitrogen and oxygen atoms in total. The van der Waals surface area contributed by atoms with Gasteiger partial charge >= 0.3 is 0 Å². The number of aromatic nitrogens is 2. The van der Waals surface area contributed by atoms with Crippen LogP contribution in [0.1, 0.15) is 46.0 Å². The summed E-state index contributed by atoms with van der Waals surface area (Å²) in [5.74, 6) is 0.957. The van der Waals surface area contributed by atoms with Crippen molar-refractivity contribution in [3.63, 3.8) is 0 Å². The molecule has 0 atom stereocenters. The van der Waals surface area contributed by atoms with Gasteiger partial charge in [0.2, 0.25) is 21.8 Å². The average Bonchev–Trinajstić information content (AvgIpc) is 3.14. The molecule has 0 unspecified atom stereocenters. The van der Waals surface area contributed by atoms with E-state index in [9.17, 15) is 13.2 Å². The third-order valence-electron chi connectivity index (χ3n) is 6.24. The Morgan fingerprint density at radius 3 is 1.93 bits per heavy atom. The molecule has 0 aliphatic carbocycles. The summed E-state index contributed by atoms with van der Waals surface area (Å²) in [6.45, 7) is 12.8. The first kappa shape index (κ1) is 22.4. The Morgan fingerprint density at radius 1 is 0.900 bits per heavy atom. The van der Waals surface area contributed by atoms with E-state index in [0.29, 0.717) is 49.2 Å². The second-order valence-electron chi connectivity index (χ2n) is 7.97. The Balaban J connectivity index is 1.69. The first-order valence-corrected chi connectivity index (χ1v) is 11.6. The molecule has 30 heavy (non-hydrogen) atoms. The summed E-state index contributed by atoms with van der Waals surface area (Å²) in [5, 5.41) is 3.72. The van der Waals surface area contributed by atoms with Gasteiger partial charge in [-0.05, 0) is 69.4 Å². The molecule has 1 fully saturated rings. The van der Waals surface area contributed by atoms with Crippen molar-refractivity contribution in [2.75, 3.05) is 26.2 Å². The van der Waals surface area contributed by atoms with Crippen LogP contribution in [-0.4, -0.2) is 59.8 Å². The Labute approximate surface area is 178 Å². The van der Waals surface area contributed by atoms with E-state index in [1.165, 1.54) is 4.31 Å². The summed E-state index contributed by atoms with van der Waals surface area (Å²) < 4.78 is 33.4. The lowest BCUT2D eigenvalue weighted by Crippen LogP contribution is -2.50. The van der Waals surface area contributed by atoms with Gasteiger partial charge < -0.3 is 9.42 Å². The van der Waals surface area contributed by atoms with Gasteiger partial charge in [-0.3, -0.25) is 4.79 Å². The number of rotatable bonds is 5. The van der Waals surface area contributed by atoms with E-state index in [1.54, 1.807) is 11.8 Å². The standard InChI is InChI=1S/C21H30N4O4S/c1-13-14(2)16(4)21(17(5)15(13)3)30(27,28)25-11-9-24(10-12-25)20(26)8-7-19-22-18(6)23-29-19/h7-12H2,1-6H3. The van der Waals surface area contributed by atoms with Crippen LogP contribution in [0.5, 0.6) is 0 Å². The molecule has 2 heterocycles. The van der Waals surface area contributed by atoms with Crippen LogP contribution in [0.25, 0.3) is 0 Å². The highest BCUT2D eigenvalue weighted by atomic mass is 32.2. The van der Waals surface area contributed by atoms with Gasteiger partial charge in [-0.25, -0.2) is 8.42 Å². The third kappa shape index (κ3) is 4.13. The SMILES string of the molecule is Cc1noc(CCC(=O)N2CCN(S(=O)(=O)c3c(C)c(C)c(C)c(C)c3C)CC2)n1. The van der Waals surface area contributed by atoms with Crippen LogP contribution in [0.3, 0.4) is 0 Å². The van der Waals surface area contributed by atoms with Gasteiger partial charge in [0.25, 0.3) is 0 Å². The zero-order chi connectivity index (χ0) is 22.2. The molecule has 0 spiro atoms. The fourth-order valence-corrected chi connectivity index (χ4v) is 5.96. The van der Waals surface area contributed by atoms with E-state index in [-0.39, 0.29) is 12.3 Å². The summed E-state index contributed by atoms with van der Waals surface area (Å²) in [6.07, 6.45) is 0.654. The highest BCUT2D eigenvalue weighted by Crippen LogP contribution is 2.32. The maximum Gasteiger partial charge on any atom is 0.243 e. The van der Waals surface area contributed by atoms with E-state index in [2.05, 4.69) is 10.1 Å². The van der Waals surface area contributed by atoms with Crippen LogP contribution in [0.2, 0.25) is 0 Å². The summed E-state index contributed by atoms with van der Waals surface area (Å²) in [6, 6.07) is 0. The minimum Gasteiger partial charge on any atom is -0.340 e. The number of benzene rings is 1. The molecular weight excluding hydrogens is 404 g/mol. The zero-order valence-electron chi connectivity index (χ0n) is 18.6. The van der Waals surface area contributed by atoms with Crippen LogP contribution in [0, 0.1) is 41.5 Å².